The molecule has 0 aromatic carbocycles. The number of hydrogen-bond acceptors (Lipinski definition) is 3. The van der Waals surface area contributed by atoms with Crippen LogP contribution < -0.4 is 5.32 Å². The molecule has 0 aliphatic rings. The Kier molecular flexibility index (Phi) is 5.15. The van der Waals surface area contributed by atoms with Gasteiger partial charge in [0.2, 0.25) is 0 Å². The molecule has 0 aliphatic carbocycles. The van der Waals surface area contributed by atoms with Crippen molar-refractivity contribution in [3.8, 4) is 0 Å². The van der Waals surface area contributed by atoms with Crippen molar-refractivity contribution in [1.82, 2.24) is 15.1 Å². The van der Waals surface area contributed by atoms with E-state index in [-0.39, 0.29) is 11.7 Å². The largest absolute Gasteiger partial charge is 0.316 e. The summed E-state index contributed by atoms with van der Waals surface area (Å²) >= 11 is 3.37. The second kappa shape index (κ2) is 6.15. The van der Waals surface area contributed by atoms with Crippen LogP contribution in [0.3, 0.4) is 0 Å². The molecular formula is C11H18BrN3O. The molecule has 1 N–H and O–H groups in total. The summed E-state index contributed by atoms with van der Waals surface area (Å²) < 4.78 is 2.51. The van der Waals surface area contributed by atoms with Gasteiger partial charge >= 0.3 is 0 Å². The van der Waals surface area contributed by atoms with Crippen LogP contribution in [-0.2, 0) is 6.54 Å². The zero-order chi connectivity index (χ0) is 12.1. The number of ketones is 1. The average Bonchev–Trinajstić information content (AvgIpc) is 2.66. The van der Waals surface area contributed by atoms with Gasteiger partial charge in [0.1, 0.15) is 5.69 Å². The fraction of sp³-hybridized carbons (Fsp3) is 0.636. The van der Waals surface area contributed by atoms with Crippen molar-refractivity contribution in [1.29, 1.82) is 0 Å². The standard InChI is InChI=1S/C11H18BrN3O/c1-4-13-6-8(3)11(16)10-9(12)7-14-15(10)5-2/h7-8,13H,4-6H2,1-3H3. The SMILES string of the molecule is CCNCC(C)C(=O)c1c(Br)cnn1CC. The van der Waals surface area contributed by atoms with Crippen molar-refractivity contribution in [3.05, 3.63) is 16.4 Å². The molecule has 4 nitrogen and oxygen atoms in total. The van der Waals surface area contributed by atoms with Gasteiger partial charge in [-0.2, -0.15) is 5.10 Å². The number of hydrogen-bond donors (Lipinski definition) is 1. The molecule has 5 heteroatoms. The summed E-state index contributed by atoms with van der Waals surface area (Å²) in [6.07, 6.45) is 1.68. The van der Waals surface area contributed by atoms with Crippen LogP contribution in [0.2, 0.25) is 0 Å². The van der Waals surface area contributed by atoms with Gasteiger partial charge in [-0.3, -0.25) is 9.48 Å². The summed E-state index contributed by atoms with van der Waals surface area (Å²) in [7, 11) is 0. The van der Waals surface area contributed by atoms with Crippen LogP contribution in [0.25, 0.3) is 0 Å². The summed E-state index contributed by atoms with van der Waals surface area (Å²) in [5, 5.41) is 7.33. The van der Waals surface area contributed by atoms with Crippen molar-refractivity contribution in [3.63, 3.8) is 0 Å². The van der Waals surface area contributed by atoms with Crippen LogP contribution in [0.4, 0.5) is 0 Å². The van der Waals surface area contributed by atoms with Gasteiger partial charge in [0.15, 0.2) is 5.78 Å². The molecule has 1 aromatic heterocycles. The number of nitrogens with one attached hydrogen (secondary N) is 1. The van der Waals surface area contributed by atoms with E-state index in [1.165, 1.54) is 0 Å². The molecule has 1 heterocycles. The van der Waals surface area contributed by atoms with Gasteiger partial charge < -0.3 is 5.32 Å². The van der Waals surface area contributed by atoms with E-state index in [1.54, 1.807) is 10.9 Å². The lowest BCUT2D eigenvalue weighted by Crippen LogP contribution is -2.28. The highest BCUT2D eigenvalue weighted by Crippen LogP contribution is 2.19. The van der Waals surface area contributed by atoms with Gasteiger partial charge in [0.25, 0.3) is 0 Å². The summed E-state index contributed by atoms with van der Waals surface area (Å²) in [5.41, 5.74) is 0.674. The normalized spacial score (nSPS) is 12.8. The third-order valence-corrected chi connectivity index (χ3v) is 3.06. The maximum atomic E-state index is 12.2. The van der Waals surface area contributed by atoms with Crippen LogP contribution in [-0.4, -0.2) is 28.7 Å². The van der Waals surface area contributed by atoms with E-state index in [0.717, 1.165) is 11.0 Å². The maximum Gasteiger partial charge on any atom is 0.186 e. The van der Waals surface area contributed by atoms with Crippen molar-refractivity contribution < 1.29 is 4.79 Å². The van der Waals surface area contributed by atoms with Crippen LogP contribution in [0, 0.1) is 5.92 Å². The van der Waals surface area contributed by atoms with Crippen LogP contribution >= 0.6 is 15.9 Å². The van der Waals surface area contributed by atoms with Crippen LogP contribution in [0.1, 0.15) is 31.3 Å². The lowest BCUT2D eigenvalue weighted by molar-refractivity contribution is 0.0917. The molecule has 16 heavy (non-hydrogen) atoms. The minimum atomic E-state index is -0.0294. The quantitative estimate of drug-likeness (QED) is 0.815. The molecule has 0 amide bonds. The first-order chi connectivity index (χ1) is 7.61. The summed E-state index contributed by atoms with van der Waals surface area (Å²) in [5.74, 6) is 0.102. The number of halogens is 1. The van der Waals surface area contributed by atoms with Gasteiger partial charge in [-0.25, -0.2) is 0 Å². The van der Waals surface area contributed by atoms with E-state index in [0.29, 0.717) is 18.8 Å². The number of carbonyl (C=O) groups is 1. The number of aryl methyl sites for hydroxylation is 1. The lowest BCUT2D eigenvalue weighted by atomic mass is 10.0. The second-order valence-corrected chi connectivity index (χ2v) is 4.58. The highest BCUT2D eigenvalue weighted by atomic mass is 79.9. The van der Waals surface area contributed by atoms with Crippen molar-refractivity contribution >= 4 is 21.7 Å². The molecule has 1 aromatic rings. The monoisotopic (exact) mass is 287 g/mol. The Hall–Kier alpha value is -0.680. The Balaban J connectivity index is 2.82. The zero-order valence-electron chi connectivity index (χ0n) is 9.96. The van der Waals surface area contributed by atoms with Crippen molar-refractivity contribution in [2.45, 2.75) is 27.3 Å². The molecular weight excluding hydrogens is 270 g/mol. The van der Waals surface area contributed by atoms with E-state index in [2.05, 4.69) is 26.3 Å². The molecule has 0 fully saturated rings. The molecule has 0 aliphatic heterocycles. The first kappa shape index (κ1) is 13.4. The van der Waals surface area contributed by atoms with E-state index < -0.39 is 0 Å². The van der Waals surface area contributed by atoms with Gasteiger partial charge in [0, 0.05) is 19.0 Å². The van der Waals surface area contributed by atoms with Gasteiger partial charge in [0.05, 0.1) is 10.7 Å². The molecule has 0 radical (unpaired) electrons. The van der Waals surface area contributed by atoms with Crippen molar-refractivity contribution in [2.75, 3.05) is 13.1 Å². The predicted octanol–water partition coefficient (Wildman–Crippen LogP) is 2.09. The fourth-order valence-corrected chi connectivity index (χ4v) is 2.03. The zero-order valence-corrected chi connectivity index (χ0v) is 11.5. The molecule has 0 bridgehead atoms. The summed E-state index contributed by atoms with van der Waals surface area (Å²) in [6.45, 7) is 8.24. The number of Topliss-reactive ketones (excluding diaryl/α,β-unsaturated/α-hetero) is 1. The molecule has 1 rings (SSSR count). The highest BCUT2D eigenvalue weighted by Gasteiger charge is 2.21. The Morgan fingerprint density at radius 2 is 2.31 bits per heavy atom. The van der Waals surface area contributed by atoms with E-state index in [4.69, 9.17) is 0 Å². The molecule has 1 unspecified atom stereocenters. The Morgan fingerprint density at radius 3 is 2.88 bits per heavy atom. The molecule has 0 saturated carbocycles. The average molecular weight is 288 g/mol. The predicted molar refractivity (Wildman–Crippen MR) is 67.6 cm³/mol. The lowest BCUT2D eigenvalue weighted by Gasteiger charge is -2.12. The second-order valence-electron chi connectivity index (χ2n) is 3.73. The smallest absolute Gasteiger partial charge is 0.186 e. The first-order valence-corrected chi connectivity index (χ1v) is 6.37. The van der Waals surface area contributed by atoms with E-state index >= 15 is 0 Å². The Bertz CT molecular complexity index is 362. The number of carbonyl (C=O) groups excluding carboxylic acids is 1. The third kappa shape index (κ3) is 2.92. The van der Waals surface area contributed by atoms with Crippen molar-refractivity contribution in [2.24, 2.45) is 5.92 Å². The molecule has 1 atom stereocenters. The Morgan fingerprint density at radius 1 is 1.62 bits per heavy atom. The topological polar surface area (TPSA) is 46.9 Å². The summed E-state index contributed by atoms with van der Waals surface area (Å²) in [6, 6.07) is 0. The molecule has 90 valence electrons. The number of aromatic nitrogens is 2. The van der Waals surface area contributed by atoms with Crippen LogP contribution in [0.5, 0.6) is 0 Å². The Labute approximate surface area is 105 Å². The van der Waals surface area contributed by atoms with Gasteiger partial charge in [-0.05, 0) is 29.4 Å². The maximum absolute atomic E-state index is 12.2. The van der Waals surface area contributed by atoms with Crippen LogP contribution in [0.15, 0.2) is 10.7 Å². The summed E-state index contributed by atoms with van der Waals surface area (Å²) in [4.78, 5) is 12.2. The first-order valence-electron chi connectivity index (χ1n) is 5.58. The van der Waals surface area contributed by atoms with Gasteiger partial charge in [-0.15, -0.1) is 0 Å². The molecule has 0 spiro atoms. The van der Waals surface area contributed by atoms with E-state index in [9.17, 15) is 4.79 Å². The molecule has 0 saturated heterocycles. The third-order valence-electron chi connectivity index (χ3n) is 2.48. The number of rotatable bonds is 6. The fourth-order valence-electron chi connectivity index (χ4n) is 1.53. The minimum absolute atomic E-state index is 0.0294. The van der Waals surface area contributed by atoms with Gasteiger partial charge in [-0.1, -0.05) is 13.8 Å². The highest BCUT2D eigenvalue weighted by molar-refractivity contribution is 9.10. The minimum Gasteiger partial charge on any atom is -0.316 e. The number of nitrogens with zero attached hydrogens (tertiary/aromatic N) is 2. The van der Waals surface area contributed by atoms with E-state index in [1.807, 2.05) is 20.8 Å².